The number of rotatable bonds is 8. The molecule has 2 aromatic rings. The first-order valence-electron chi connectivity index (χ1n) is 7.17. The van der Waals surface area contributed by atoms with Gasteiger partial charge in [0.1, 0.15) is 0 Å². The van der Waals surface area contributed by atoms with E-state index in [0.717, 1.165) is 6.42 Å². The average Bonchev–Trinajstić information content (AvgIpc) is 3.02. The van der Waals surface area contributed by atoms with Gasteiger partial charge < -0.3 is 15.4 Å². The Hall–Kier alpha value is -2.08. The van der Waals surface area contributed by atoms with Gasteiger partial charge >= 0.3 is 6.03 Å². The number of amides is 2. The molecule has 0 atom stereocenters. The molecular formula is C16H19FN2O2S. The van der Waals surface area contributed by atoms with E-state index in [0.29, 0.717) is 26.1 Å². The molecule has 0 aliphatic carbocycles. The lowest BCUT2D eigenvalue weighted by Crippen LogP contribution is -2.37. The largest absolute Gasteiger partial charge is 0.490 e. The van der Waals surface area contributed by atoms with E-state index in [-0.39, 0.29) is 17.6 Å². The second-order valence-electron chi connectivity index (χ2n) is 4.64. The number of nitrogens with one attached hydrogen (secondary N) is 2. The number of hydrogen-bond acceptors (Lipinski definition) is 3. The summed E-state index contributed by atoms with van der Waals surface area (Å²) < 4.78 is 18.6. The summed E-state index contributed by atoms with van der Waals surface area (Å²) in [7, 11) is 0. The third kappa shape index (κ3) is 5.73. The van der Waals surface area contributed by atoms with Gasteiger partial charge in [0.05, 0.1) is 6.61 Å². The van der Waals surface area contributed by atoms with Crippen LogP contribution in [0.1, 0.15) is 11.3 Å². The van der Waals surface area contributed by atoms with Gasteiger partial charge in [-0.3, -0.25) is 0 Å². The molecule has 1 aromatic carbocycles. The van der Waals surface area contributed by atoms with Crippen molar-refractivity contribution < 1.29 is 13.9 Å². The quantitative estimate of drug-likeness (QED) is 0.733. The SMILES string of the molecule is O=C(NCCCOc1ccccc1F)NCCc1cccs1. The number of ether oxygens (including phenoxy) is 1. The molecule has 0 aliphatic heterocycles. The molecule has 4 nitrogen and oxygen atoms in total. The van der Waals surface area contributed by atoms with E-state index in [1.165, 1.54) is 10.9 Å². The van der Waals surface area contributed by atoms with Crippen molar-refractivity contribution in [3.8, 4) is 5.75 Å². The molecule has 0 bridgehead atoms. The Bertz CT molecular complexity index is 575. The van der Waals surface area contributed by atoms with Crippen LogP contribution < -0.4 is 15.4 Å². The molecule has 0 unspecified atom stereocenters. The van der Waals surface area contributed by atoms with Gasteiger partial charge in [0, 0.05) is 18.0 Å². The first-order chi connectivity index (χ1) is 10.8. The van der Waals surface area contributed by atoms with Crippen LogP contribution in [0.3, 0.4) is 0 Å². The minimum atomic E-state index is -0.373. The van der Waals surface area contributed by atoms with Gasteiger partial charge in [0.25, 0.3) is 0 Å². The molecule has 6 heteroatoms. The van der Waals surface area contributed by atoms with Crippen LogP contribution in [-0.2, 0) is 6.42 Å². The molecule has 2 amide bonds. The van der Waals surface area contributed by atoms with E-state index < -0.39 is 0 Å². The lowest BCUT2D eigenvalue weighted by atomic mass is 10.3. The summed E-state index contributed by atoms with van der Waals surface area (Å²) in [6, 6.07) is 10.1. The molecule has 0 aliphatic rings. The monoisotopic (exact) mass is 322 g/mol. The number of halogens is 1. The summed E-state index contributed by atoms with van der Waals surface area (Å²) >= 11 is 1.68. The van der Waals surface area contributed by atoms with Crippen molar-refractivity contribution in [2.24, 2.45) is 0 Å². The van der Waals surface area contributed by atoms with Crippen LogP contribution in [0.2, 0.25) is 0 Å². The zero-order chi connectivity index (χ0) is 15.6. The Kier molecular flexibility index (Phi) is 6.70. The molecule has 0 spiro atoms. The van der Waals surface area contributed by atoms with Crippen molar-refractivity contribution in [3.63, 3.8) is 0 Å². The molecule has 2 N–H and O–H groups in total. The van der Waals surface area contributed by atoms with E-state index in [1.807, 2.05) is 17.5 Å². The van der Waals surface area contributed by atoms with Crippen molar-refractivity contribution in [2.45, 2.75) is 12.8 Å². The fraction of sp³-hybridized carbons (Fsp3) is 0.312. The van der Waals surface area contributed by atoms with E-state index >= 15 is 0 Å². The van der Waals surface area contributed by atoms with Gasteiger partial charge in [0.2, 0.25) is 0 Å². The zero-order valence-electron chi connectivity index (χ0n) is 12.2. The van der Waals surface area contributed by atoms with Crippen molar-refractivity contribution in [3.05, 3.63) is 52.5 Å². The van der Waals surface area contributed by atoms with Crippen molar-refractivity contribution in [1.82, 2.24) is 10.6 Å². The standard InChI is InChI=1S/C16H19FN2O2S/c17-14-6-1-2-7-15(14)21-11-4-9-18-16(20)19-10-8-13-5-3-12-22-13/h1-3,5-7,12H,4,8-11H2,(H2,18,19,20). The lowest BCUT2D eigenvalue weighted by Gasteiger charge is -2.09. The van der Waals surface area contributed by atoms with Crippen LogP contribution in [-0.4, -0.2) is 25.7 Å². The Balaban J connectivity index is 1.51. The van der Waals surface area contributed by atoms with Crippen molar-refractivity contribution >= 4 is 17.4 Å². The Labute approximate surface area is 133 Å². The Morgan fingerprint density at radius 1 is 1.14 bits per heavy atom. The van der Waals surface area contributed by atoms with Gasteiger partial charge in [-0.15, -0.1) is 11.3 Å². The molecule has 2 rings (SSSR count). The summed E-state index contributed by atoms with van der Waals surface area (Å²) in [5, 5.41) is 7.56. The summed E-state index contributed by atoms with van der Waals surface area (Å²) in [6.07, 6.45) is 1.45. The maximum atomic E-state index is 13.3. The minimum Gasteiger partial charge on any atom is -0.490 e. The number of carbonyl (C=O) groups excluding carboxylic acids is 1. The molecule has 0 saturated heterocycles. The molecule has 0 fully saturated rings. The summed E-state index contributed by atoms with van der Waals surface area (Å²) in [4.78, 5) is 12.8. The molecule has 0 radical (unpaired) electrons. The van der Waals surface area contributed by atoms with E-state index in [9.17, 15) is 9.18 Å². The van der Waals surface area contributed by atoms with Crippen LogP contribution in [0.25, 0.3) is 0 Å². The highest BCUT2D eigenvalue weighted by atomic mass is 32.1. The van der Waals surface area contributed by atoms with E-state index in [2.05, 4.69) is 10.6 Å². The minimum absolute atomic E-state index is 0.192. The molecule has 22 heavy (non-hydrogen) atoms. The number of para-hydroxylation sites is 1. The van der Waals surface area contributed by atoms with Gasteiger partial charge in [-0.2, -0.15) is 0 Å². The first-order valence-corrected chi connectivity index (χ1v) is 8.05. The first kappa shape index (κ1) is 16.3. The number of thiophene rings is 1. The van der Waals surface area contributed by atoms with Crippen molar-refractivity contribution in [2.75, 3.05) is 19.7 Å². The second kappa shape index (κ2) is 9.04. The molecular weight excluding hydrogens is 303 g/mol. The fourth-order valence-corrected chi connectivity index (χ4v) is 2.54. The number of carbonyl (C=O) groups is 1. The number of hydrogen-bond donors (Lipinski definition) is 2. The smallest absolute Gasteiger partial charge is 0.314 e. The third-order valence-electron chi connectivity index (χ3n) is 2.94. The van der Waals surface area contributed by atoms with Crippen LogP contribution in [0, 0.1) is 5.82 Å². The third-order valence-corrected chi connectivity index (χ3v) is 3.87. The average molecular weight is 322 g/mol. The van der Waals surface area contributed by atoms with Crippen LogP contribution in [0.5, 0.6) is 5.75 Å². The normalized spacial score (nSPS) is 10.2. The van der Waals surface area contributed by atoms with Gasteiger partial charge in [-0.05, 0) is 36.4 Å². The highest BCUT2D eigenvalue weighted by Crippen LogP contribution is 2.15. The fourth-order valence-electron chi connectivity index (χ4n) is 1.83. The Morgan fingerprint density at radius 2 is 1.95 bits per heavy atom. The topological polar surface area (TPSA) is 50.4 Å². The molecule has 0 saturated carbocycles. The van der Waals surface area contributed by atoms with Gasteiger partial charge in [0.15, 0.2) is 11.6 Å². The van der Waals surface area contributed by atoms with Gasteiger partial charge in [-0.25, -0.2) is 9.18 Å². The summed E-state index contributed by atoms with van der Waals surface area (Å²) in [6.45, 7) is 1.45. The number of benzene rings is 1. The van der Waals surface area contributed by atoms with E-state index in [4.69, 9.17) is 4.74 Å². The highest BCUT2D eigenvalue weighted by molar-refractivity contribution is 7.09. The van der Waals surface area contributed by atoms with Crippen LogP contribution >= 0.6 is 11.3 Å². The molecule has 118 valence electrons. The maximum absolute atomic E-state index is 13.3. The van der Waals surface area contributed by atoms with Crippen LogP contribution in [0.15, 0.2) is 41.8 Å². The van der Waals surface area contributed by atoms with Crippen molar-refractivity contribution in [1.29, 1.82) is 0 Å². The summed E-state index contributed by atoms with van der Waals surface area (Å²) in [5.41, 5.74) is 0. The van der Waals surface area contributed by atoms with E-state index in [1.54, 1.807) is 29.5 Å². The Morgan fingerprint density at radius 3 is 2.73 bits per heavy atom. The predicted molar refractivity (Wildman–Crippen MR) is 85.9 cm³/mol. The number of urea groups is 1. The van der Waals surface area contributed by atoms with Gasteiger partial charge in [-0.1, -0.05) is 18.2 Å². The molecule has 1 aromatic heterocycles. The predicted octanol–water partition coefficient (Wildman–Crippen LogP) is 3.20. The zero-order valence-corrected chi connectivity index (χ0v) is 13.0. The second-order valence-corrected chi connectivity index (χ2v) is 5.68. The highest BCUT2D eigenvalue weighted by Gasteiger charge is 2.02. The lowest BCUT2D eigenvalue weighted by molar-refractivity contribution is 0.239. The summed E-state index contributed by atoms with van der Waals surface area (Å²) in [5.74, 6) is -0.135. The van der Waals surface area contributed by atoms with Crippen LogP contribution in [0.4, 0.5) is 9.18 Å². The maximum Gasteiger partial charge on any atom is 0.314 e. The molecule has 1 heterocycles.